The average molecular weight is 424 g/mol. The lowest BCUT2D eigenvalue weighted by Crippen LogP contribution is -2.45. The Morgan fingerprint density at radius 1 is 0.897 bits per heavy atom. The van der Waals surface area contributed by atoms with E-state index in [-0.39, 0.29) is 5.56 Å². The minimum atomic E-state index is 0.00244. The van der Waals surface area contributed by atoms with Gasteiger partial charge in [0.15, 0.2) is 4.96 Å². The summed E-state index contributed by atoms with van der Waals surface area (Å²) in [6.45, 7) is 5.56. The van der Waals surface area contributed by atoms with Gasteiger partial charge in [0, 0.05) is 67.9 Å². The van der Waals surface area contributed by atoms with Crippen molar-refractivity contribution in [2.45, 2.75) is 13.1 Å². The first-order chi connectivity index (χ1) is 14.2. The summed E-state index contributed by atoms with van der Waals surface area (Å²) < 4.78 is 1.60. The van der Waals surface area contributed by atoms with E-state index in [1.165, 1.54) is 16.9 Å². The Balaban J connectivity index is 1.17. The molecule has 5 rings (SSSR count). The first kappa shape index (κ1) is 18.6. The van der Waals surface area contributed by atoms with E-state index in [4.69, 9.17) is 4.98 Å². The molecule has 3 aromatic heterocycles. The summed E-state index contributed by atoms with van der Waals surface area (Å²) in [5.74, 6) is 0. The van der Waals surface area contributed by atoms with Crippen molar-refractivity contribution >= 4 is 27.6 Å². The van der Waals surface area contributed by atoms with Gasteiger partial charge < -0.3 is 0 Å². The van der Waals surface area contributed by atoms with Crippen LogP contribution in [0.15, 0.2) is 58.1 Å². The highest BCUT2D eigenvalue weighted by Crippen LogP contribution is 2.24. The fourth-order valence-electron chi connectivity index (χ4n) is 3.63. The van der Waals surface area contributed by atoms with E-state index in [9.17, 15) is 4.79 Å². The van der Waals surface area contributed by atoms with Crippen molar-refractivity contribution in [2.75, 3.05) is 26.2 Å². The van der Waals surface area contributed by atoms with E-state index in [2.05, 4.69) is 44.4 Å². The SMILES string of the molecule is O=c1cc(CN2CCN(Cc3csc(-c4ccccc4)n3)CC2)nc2sccn12. The van der Waals surface area contributed by atoms with Crippen molar-refractivity contribution in [2.24, 2.45) is 0 Å². The van der Waals surface area contributed by atoms with E-state index >= 15 is 0 Å². The summed E-state index contributed by atoms with van der Waals surface area (Å²) in [5, 5.41) is 5.15. The van der Waals surface area contributed by atoms with Crippen molar-refractivity contribution in [3.05, 3.63) is 75.1 Å². The van der Waals surface area contributed by atoms with Crippen LogP contribution in [0, 0.1) is 0 Å². The van der Waals surface area contributed by atoms with Gasteiger partial charge in [0.05, 0.1) is 11.4 Å². The number of thiazole rings is 2. The van der Waals surface area contributed by atoms with Gasteiger partial charge in [-0.2, -0.15) is 0 Å². The third-order valence-corrected chi connectivity index (χ3v) is 6.86. The number of nitrogens with zero attached hydrogens (tertiary/aromatic N) is 5. The molecule has 1 aliphatic heterocycles. The molecule has 6 nitrogen and oxygen atoms in total. The van der Waals surface area contributed by atoms with E-state index in [1.54, 1.807) is 28.0 Å². The van der Waals surface area contributed by atoms with Crippen molar-refractivity contribution in [3.63, 3.8) is 0 Å². The summed E-state index contributed by atoms with van der Waals surface area (Å²) in [5.41, 5.74) is 3.18. The standard InChI is InChI=1S/C21H21N5OS2/c27-19-12-17(23-21-26(19)10-11-28-21)13-24-6-8-25(9-7-24)14-18-15-29-20(22-18)16-4-2-1-3-5-16/h1-5,10-12,15H,6-9,13-14H2. The molecule has 29 heavy (non-hydrogen) atoms. The summed E-state index contributed by atoms with van der Waals surface area (Å²) in [6, 6.07) is 12.0. The van der Waals surface area contributed by atoms with Gasteiger partial charge in [0.2, 0.25) is 0 Å². The molecule has 0 radical (unpaired) electrons. The number of benzene rings is 1. The second-order valence-electron chi connectivity index (χ2n) is 7.20. The van der Waals surface area contributed by atoms with Crippen LogP contribution in [0.2, 0.25) is 0 Å². The Bertz CT molecular complexity index is 1160. The molecule has 1 aliphatic rings. The lowest BCUT2D eigenvalue weighted by atomic mass is 10.2. The first-order valence-corrected chi connectivity index (χ1v) is 11.4. The van der Waals surface area contributed by atoms with Crippen LogP contribution >= 0.6 is 22.7 Å². The molecule has 8 heteroatoms. The Morgan fingerprint density at radius 3 is 2.38 bits per heavy atom. The zero-order chi connectivity index (χ0) is 19.6. The van der Waals surface area contributed by atoms with Crippen LogP contribution in [-0.2, 0) is 13.1 Å². The van der Waals surface area contributed by atoms with Gasteiger partial charge in [0.25, 0.3) is 5.56 Å². The van der Waals surface area contributed by atoms with Crippen LogP contribution in [-0.4, -0.2) is 50.3 Å². The van der Waals surface area contributed by atoms with Crippen LogP contribution in [0.5, 0.6) is 0 Å². The Morgan fingerprint density at radius 2 is 1.62 bits per heavy atom. The topological polar surface area (TPSA) is 53.7 Å². The molecule has 1 fully saturated rings. The van der Waals surface area contributed by atoms with E-state index in [0.29, 0.717) is 0 Å². The molecule has 4 aromatic rings. The molecular formula is C21H21N5OS2. The van der Waals surface area contributed by atoms with Crippen molar-refractivity contribution in [1.29, 1.82) is 0 Å². The molecular weight excluding hydrogens is 402 g/mol. The number of hydrogen-bond acceptors (Lipinski definition) is 7. The molecule has 0 unspecified atom stereocenters. The maximum Gasteiger partial charge on any atom is 0.258 e. The minimum Gasteiger partial charge on any atom is -0.295 e. The highest BCUT2D eigenvalue weighted by Gasteiger charge is 2.19. The lowest BCUT2D eigenvalue weighted by molar-refractivity contribution is 0.120. The van der Waals surface area contributed by atoms with Gasteiger partial charge in [-0.1, -0.05) is 30.3 Å². The lowest BCUT2D eigenvalue weighted by Gasteiger charge is -2.34. The second kappa shape index (κ2) is 8.16. The molecule has 0 amide bonds. The summed E-state index contributed by atoms with van der Waals surface area (Å²) in [6.07, 6.45) is 1.78. The van der Waals surface area contributed by atoms with Crippen LogP contribution in [0.4, 0.5) is 0 Å². The summed E-state index contributed by atoms with van der Waals surface area (Å²) >= 11 is 3.21. The van der Waals surface area contributed by atoms with Crippen LogP contribution in [0.1, 0.15) is 11.4 Å². The predicted molar refractivity (Wildman–Crippen MR) is 117 cm³/mol. The van der Waals surface area contributed by atoms with Crippen LogP contribution in [0.3, 0.4) is 0 Å². The Labute approximate surface area is 176 Å². The third kappa shape index (κ3) is 4.16. The zero-order valence-corrected chi connectivity index (χ0v) is 17.5. The molecule has 1 aromatic carbocycles. The van der Waals surface area contributed by atoms with Crippen LogP contribution < -0.4 is 5.56 Å². The first-order valence-electron chi connectivity index (χ1n) is 9.65. The highest BCUT2D eigenvalue weighted by atomic mass is 32.1. The van der Waals surface area contributed by atoms with Gasteiger partial charge in [-0.3, -0.25) is 19.0 Å². The number of piperazine rings is 1. The molecule has 0 saturated carbocycles. The van der Waals surface area contributed by atoms with E-state index in [0.717, 1.165) is 60.6 Å². The van der Waals surface area contributed by atoms with E-state index in [1.807, 2.05) is 11.4 Å². The molecule has 0 N–H and O–H groups in total. The van der Waals surface area contributed by atoms with Gasteiger partial charge >= 0.3 is 0 Å². The van der Waals surface area contributed by atoms with Gasteiger partial charge in [-0.25, -0.2) is 9.97 Å². The Hall–Kier alpha value is -2.39. The number of aromatic nitrogens is 3. The largest absolute Gasteiger partial charge is 0.295 e. The maximum atomic E-state index is 12.2. The van der Waals surface area contributed by atoms with Gasteiger partial charge in [-0.15, -0.1) is 22.7 Å². The normalized spacial score (nSPS) is 15.9. The molecule has 4 heterocycles. The minimum absolute atomic E-state index is 0.00244. The fourth-order valence-corrected chi connectivity index (χ4v) is 5.18. The van der Waals surface area contributed by atoms with Crippen molar-refractivity contribution in [3.8, 4) is 10.6 Å². The molecule has 1 saturated heterocycles. The number of hydrogen-bond donors (Lipinski definition) is 0. The second-order valence-corrected chi connectivity index (χ2v) is 8.93. The predicted octanol–water partition coefficient (Wildman–Crippen LogP) is 3.20. The van der Waals surface area contributed by atoms with Crippen molar-refractivity contribution in [1.82, 2.24) is 24.2 Å². The van der Waals surface area contributed by atoms with Gasteiger partial charge in [-0.05, 0) is 0 Å². The molecule has 0 atom stereocenters. The average Bonchev–Trinajstić information content (AvgIpc) is 3.40. The Kier molecular flexibility index (Phi) is 5.24. The van der Waals surface area contributed by atoms with E-state index < -0.39 is 0 Å². The highest BCUT2D eigenvalue weighted by molar-refractivity contribution is 7.15. The molecule has 0 bridgehead atoms. The third-order valence-electron chi connectivity index (χ3n) is 5.16. The fraction of sp³-hybridized carbons (Fsp3) is 0.286. The zero-order valence-electron chi connectivity index (χ0n) is 15.9. The number of fused-ring (bicyclic) bond motifs is 1. The smallest absolute Gasteiger partial charge is 0.258 e. The monoisotopic (exact) mass is 423 g/mol. The molecule has 148 valence electrons. The molecule has 0 aliphatic carbocycles. The van der Waals surface area contributed by atoms with Crippen LogP contribution in [0.25, 0.3) is 15.5 Å². The van der Waals surface area contributed by atoms with Crippen molar-refractivity contribution < 1.29 is 0 Å². The van der Waals surface area contributed by atoms with Gasteiger partial charge in [0.1, 0.15) is 5.01 Å². The summed E-state index contributed by atoms with van der Waals surface area (Å²) in [4.78, 5) is 27.2. The molecule has 0 spiro atoms. The summed E-state index contributed by atoms with van der Waals surface area (Å²) in [7, 11) is 0. The number of rotatable bonds is 5. The maximum absolute atomic E-state index is 12.2. The quantitative estimate of drug-likeness (QED) is 0.493.